The zero-order valence-corrected chi connectivity index (χ0v) is 15.2. The Bertz CT molecular complexity index is 610. The molecule has 0 saturated carbocycles. The first-order valence-electron chi connectivity index (χ1n) is 8.44. The lowest BCUT2D eigenvalue weighted by atomic mass is 10.1. The summed E-state index contributed by atoms with van der Waals surface area (Å²) in [5, 5.41) is 8.82. The van der Waals surface area contributed by atoms with Crippen molar-refractivity contribution in [1.29, 1.82) is 5.26 Å². The van der Waals surface area contributed by atoms with Crippen LogP contribution in [0.3, 0.4) is 0 Å². The number of esters is 1. The normalized spacial score (nSPS) is 11.4. The number of hydrogen-bond acceptors (Lipinski definition) is 5. The standard InChI is InChI=1S/C19H26N2O4/c1-4-25-12-6-11-21(14-15(2)19(23)24-3)18(22)17-8-5-7-16(13-17)9-10-20/h5,7-8,13,15H,4,6,9,11-12,14H2,1-3H3. The fraction of sp³-hybridized carbons (Fsp3) is 0.526. The van der Waals surface area contributed by atoms with Crippen LogP contribution in [0.15, 0.2) is 24.3 Å². The van der Waals surface area contributed by atoms with Crippen LogP contribution < -0.4 is 0 Å². The summed E-state index contributed by atoms with van der Waals surface area (Å²) in [6, 6.07) is 9.11. The van der Waals surface area contributed by atoms with E-state index in [0.29, 0.717) is 31.7 Å². The van der Waals surface area contributed by atoms with Crippen molar-refractivity contribution >= 4 is 11.9 Å². The third-order valence-corrected chi connectivity index (χ3v) is 3.76. The summed E-state index contributed by atoms with van der Waals surface area (Å²) in [6.45, 7) is 5.61. The van der Waals surface area contributed by atoms with Crippen LogP contribution in [0.1, 0.15) is 36.2 Å². The van der Waals surface area contributed by atoms with E-state index in [0.717, 1.165) is 5.56 Å². The number of nitrogens with zero attached hydrogens (tertiary/aromatic N) is 2. The minimum atomic E-state index is -0.414. The number of nitriles is 1. The summed E-state index contributed by atoms with van der Waals surface area (Å²) in [4.78, 5) is 26.2. The largest absolute Gasteiger partial charge is 0.469 e. The monoisotopic (exact) mass is 346 g/mol. The highest BCUT2D eigenvalue weighted by molar-refractivity contribution is 5.94. The topological polar surface area (TPSA) is 79.6 Å². The van der Waals surface area contributed by atoms with Gasteiger partial charge in [0, 0.05) is 31.9 Å². The third kappa shape index (κ3) is 6.94. The van der Waals surface area contributed by atoms with Gasteiger partial charge in [0.1, 0.15) is 0 Å². The number of carbonyl (C=O) groups excluding carboxylic acids is 2. The summed E-state index contributed by atoms with van der Waals surface area (Å²) < 4.78 is 10.1. The first kappa shape index (κ1) is 20.7. The minimum absolute atomic E-state index is 0.160. The predicted molar refractivity (Wildman–Crippen MR) is 94.0 cm³/mol. The second-order valence-corrected chi connectivity index (χ2v) is 5.76. The molecule has 0 fully saturated rings. The molecule has 6 nitrogen and oxygen atoms in total. The number of benzene rings is 1. The highest BCUT2D eigenvalue weighted by atomic mass is 16.5. The summed E-state index contributed by atoms with van der Waals surface area (Å²) in [5.41, 5.74) is 1.31. The maximum atomic E-state index is 12.9. The Morgan fingerprint density at radius 1 is 1.36 bits per heavy atom. The maximum absolute atomic E-state index is 12.9. The van der Waals surface area contributed by atoms with Gasteiger partial charge in [-0.1, -0.05) is 19.1 Å². The van der Waals surface area contributed by atoms with Crippen LogP contribution in [0.5, 0.6) is 0 Å². The Morgan fingerprint density at radius 2 is 2.12 bits per heavy atom. The number of hydrogen-bond donors (Lipinski definition) is 0. The molecule has 0 bridgehead atoms. The zero-order valence-electron chi connectivity index (χ0n) is 15.2. The van der Waals surface area contributed by atoms with E-state index < -0.39 is 5.92 Å². The van der Waals surface area contributed by atoms with Gasteiger partial charge in [-0.15, -0.1) is 0 Å². The Kier molecular flexibility index (Phi) is 9.26. The first-order valence-corrected chi connectivity index (χ1v) is 8.44. The predicted octanol–water partition coefficient (Wildman–Crippen LogP) is 2.43. The van der Waals surface area contributed by atoms with Crippen molar-refractivity contribution in [3.63, 3.8) is 0 Å². The van der Waals surface area contributed by atoms with Gasteiger partial charge in [-0.05, 0) is 31.0 Å². The Balaban J connectivity index is 2.88. The van der Waals surface area contributed by atoms with E-state index in [1.807, 2.05) is 13.0 Å². The van der Waals surface area contributed by atoms with Gasteiger partial charge >= 0.3 is 5.97 Å². The van der Waals surface area contributed by atoms with Gasteiger partial charge in [0.15, 0.2) is 0 Å². The van der Waals surface area contributed by atoms with Crippen molar-refractivity contribution in [2.24, 2.45) is 5.92 Å². The molecule has 1 aromatic rings. The highest BCUT2D eigenvalue weighted by Gasteiger charge is 2.22. The highest BCUT2D eigenvalue weighted by Crippen LogP contribution is 2.12. The van der Waals surface area contributed by atoms with Crippen LogP contribution >= 0.6 is 0 Å². The lowest BCUT2D eigenvalue weighted by Crippen LogP contribution is -2.38. The molecular formula is C19H26N2O4. The molecule has 0 radical (unpaired) electrons. The molecule has 1 rings (SSSR count). The molecule has 0 aromatic heterocycles. The van der Waals surface area contributed by atoms with Crippen molar-refractivity contribution in [3.05, 3.63) is 35.4 Å². The fourth-order valence-corrected chi connectivity index (χ4v) is 2.47. The van der Waals surface area contributed by atoms with Gasteiger partial charge in [0.25, 0.3) is 5.91 Å². The van der Waals surface area contributed by atoms with Gasteiger partial charge in [-0.2, -0.15) is 5.26 Å². The molecule has 6 heteroatoms. The van der Waals surface area contributed by atoms with Gasteiger partial charge in [0.2, 0.25) is 0 Å². The van der Waals surface area contributed by atoms with E-state index in [2.05, 4.69) is 6.07 Å². The van der Waals surface area contributed by atoms with E-state index in [1.165, 1.54) is 7.11 Å². The molecule has 0 aliphatic carbocycles. The van der Waals surface area contributed by atoms with E-state index >= 15 is 0 Å². The number of amides is 1. The molecule has 0 aliphatic heterocycles. The van der Waals surface area contributed by atoms with Crippen LogP contribution in [0.2, 0.25) is 0 Å². The van der Waals surface area contributed by atoms with Crippen LogP contribution in [-0.4, -0.2) is 50.2 Å². The molecule has 1 atom stereocenters. The molecule has 0 saturated heterocycles. The lowest BCUT2D eigenvalue weighted by molar-refractivity contribution is -0.145. The number of ether oxygens (including phenoxy) is 2. The summed E-state index contributed by atoms with van der Waals surface area (Å²) >= 11 is 0. The van der Waals surface area contributed by atoms with Crippen LogP contribution in [0.25, 0.3) is 0 Å². The van der Waals surface area contributed by atoms with Gasteiger partial charge in [0.05, 0.1) is 25.5 Å². The summed E-state index contributed by atoms with van der Waals surface area (Å²) in [7, 11) is 1.34. The Labute approximate surface area is 149 Å². The molecule has 1 amide bonds. The second-order valence-electron chi connectivity index (χ2n) is 5.76. The fourth-order valence-electron chi connectivity index (χ4n) is 2.47. The van der Waals surface area contributed by atoms with E-state index in [1.54, 1.807) is 30.0 Å². The Morgan fingerprint density at radius 3 is 2.76 bits per heavy atom. The molecule has 0 N–H and O–H groups in total. The zero-order chi connectivity index (χ0) is 18.7. The summed E-state index contributed by atoms with van der Waals surface area (Å²) in [6.07, 6.45) is 0.940. The number of carbonyl (C=O) groups is 2. The van der Waals surface area contributed by atoms with Crippen molar-refractivity contribution in [1.82, 2.24) is 4.90 Å². The van der Waals surface area contributed by atoms with Crippen molar-refractivity contribution in [3.8, 4) is 6.07 Å². The second kappa shape index (κ2) is 11.2. The van der Waals surface area contributed by atoms with Crippen LogP contribution in [0.4, 0.5) is 0 Å². The van der Waals surface area contributed by atoms with E-state index in [9.17, 15) is 9.59 Å². The molecular weight excluding hydrogens is 320 g/mol. The van der Waals surface area contributed by atoms with Crippen molar-refractivity contribution in [2.45, 2.75) is 26.7 Å². The molecule has 136 valence electrons. The molecule has 0 spiro atoms. The summed E-state index contributed by atoms with van der Waals surface area (Å²) in [5.74, 6) is -0.920. The smallest absolute Gasteiger partial charge is 0.310 e. The van der Waals surface area contributed by atoms with Crippen LogP contribution in [0, 0.1) is 17.2 Å². The maximum Gasteiger partial charge on any atom is 0.310 e. The number of methoxy groups -OCH3 is 1. The lowest BCUT2D eigenvalue weighted by Gasteiger charge is -2.25. The Hall–Kier alpha value is -2.39. The van der Waals surface area contributed by atoms with E-state index in [-0.39, 0.29) is 24.8 Å². The minimum Gasteiger partial charge on any atom is -0.469 e. The van der Waals surface area contributed by atoms with E-state index in [4.69, 9.17) is 14.7 Å². The van der Waals surface area contributed by atoms with Gasteiger partial charge in [-0.25, -0.2) is 0 Å². The SMILES string of the molecule is CCOCCCN(CC(C)C(=O)OC)C(=O)c1cccc(CC#N)c1. The molecule has 1 unspecified atom stereocenters. The van der Waals surface area contributed by atoms with Gasteiger partial charge in [-0.3, -0.25) is 9.59 Å². The molecule has 0 aliphatic rings. The molecule has 25 heavy (non-hydrogen) atoms. The first-order chi connectivity index (χ1) is 12.0. The quantitative estimate of drug-likeness (QED) is 0.480. The third-order valence-electron chi connectivity index (χ3n) is 3.76. The number of rotatable bonds is 10. The average Bonchev–Trinajstić information content (AvgIpc) is 2.63. The van der Waals surface area contributed by atoms with Crippen LogP contribution in [-0.2, 0) is 20.7 Å². The van der Waals surface area contributed by atoms with Gasteiger partial charge < -0.3 is 14.4 Å². The average molecular weight is 346 g/mol. The van der Waals surface area contributed by atoms with Crippen molar-refractivity contribution in [2.75, 3.05) is 33.4 Å². The molecule has 0 heterocycles. The van der Waals surface area contributed by atoms with Crippen molar-refractivity contribution < 1.29 is 19.1 Å². The molecule has 1 aromatic carbocycles.